The van der Waals surface area contributed by atoms with Gasteiger partial charge in [-0.3, -0.25) is 0 Å². The maximum absolute atomic E-state index is 10.9. The van der Waals surface area contributed by atoms with E-state index in [0.29, 0.717) is 0 Å². The van der Waals surface area contributed by atoms with Crippen molar-refractivity contribution in [3.05, 3.63) is 9.14 Å². The number of hydrogen-bond acceptors (Lipinski definition) is 6. The molecule has 0 amide bonds. The molecule has 0 aromatic heterocycles. The minimum Gasteiger partial charge on any atom is -1.00 e. The number of hydrogen-bond donors (Lipinski definition) is 1. The van der Waals surface area contributed by atoms with E-state index in [9.17, 15) is 8.42 Å². The molecule has 0 bridgehead atoms. The predicted octanol–water partition coefficient (Wildman–Crippen LogP) is -1.97. The fourth-order valence-corrected chi connectivity index (χ4v) is 2.69. The molecule has 0 aromatic carbocycles. The van der Waals surface area contributed by atoms with Gasteiger partial charge < -0.3 is 1.43 Å². The van der Waals surface area contributed by atoms with Gasteiger partial charge in [-0.25, -0.2) is 8.42 Å². The topological polar surface area (TPSA) is 81.7 Å². The standard InChI is InChI=1S/C6H6N2O2S3.K.H/c1-13(9,10)5(4-8)6(11)12-3-2-7;;/h11H,3H2,1H3;;/q;+1;-1. The van der Waals surface area contributed by atoms with Crippen molar-refractivity contribution in [3.63, 3.8) is 0 Å². The van der Waals surface area contributed by atoms with Crippen LogP contribution in [-0.4, -0.2) is 20.4 Å². The normalized spacial score (nSPS) is 11.7. The van der Waals surface area contributed by atoms with E-state index in [1.54, 1.807) is 6.07 Å². The molecule has 0 unspecified atom stereocenters. The van der Waals surface area contributed by atoms with Gasteiger partial charge in [-0.1, -0.05) is 0 Å². The number of thioether (sulfide) groups is 1. The molecule has 0 aliphatic heterocycles. The van der Waals surface area contributed by atoms with E-state index in [1.807, 2.05) is 0 Å². The van der Waals surface area contributed by atoms with Gasteiger partial charge in [-0.2, -0.15) is 10.5 Å². The molecule has 0 aliphatic carbocycles. The largest absolute Gasteiger partial charge is 1.00 e. The van der Waals surface area contributed by atoms with Crippen molar-refractivity contribution in [2.45, 2.75) is 0 Å². The third-order valence-corrected chi connectivity index (χ3v) is 3.62. The smallest absolute Gasteiger partial charge is 1.00 e. The van der Waals surface area contributed by atoms with Gasteiger partial charge in [0, 0.05) is 6.26 Å². The van der Waals surface area contributed by atoms with Crippen LogP contribution < -0.4 is 51.4 Å². The third kappa shape index (κ3) is 6.48. The van der Waals surface area contributed by atoms with Crippen molar-refractivity contribution in [1.82, 2.24) is 0 Å². The molecule has 72 valence electrons. The maximum atomic E-state index is 10.9. The average Bonchev–Trinajstić information content (AvgIpc) is 1.99. The van der Waals surface area contributed by atoms with Gasteiger partial charge in [0.05, 0.1) is 16.1 Å². The Balaban J connectivity index is -0.000000720. The molecule has 0 saturated heterocycles. The van der Waals surface area contributed by atoms with E-state index in [-0.39, 0.29) is 62.8 Å². The second-order valence-electron chi connectivity index (χ2n) is 1.97. The van der Waals surface area contributed by atoms with Gasteiger partial charge in [0.25, 0.3) is 0 Å². The predicted molar refractivity (Wildman–Crippen MR) is 55.7 cm³/mol. The zero-order chi connectivity index (χ0) is 10.5. The first kappa shape index (κ1) is 17.4. The number of allylic oxidation sites excluding steroid dienone is 1. The number of rotatable bonds is 3. The molecule has 0 aromatic rings. The summed E-state index contributed by atoms with van der Waals surface area (Å²) in [5.41, 5.74) is 0. The van der Waals surface area contributed by atoms with Crippen molar-refractivity contribution >= 4 is 34.2 Å². The minimum absolute atomic E-state index is 0. The fraction of sp³-hybridized carbons (Fsp3) is 0.333. The third-order valence-electron chi connectivity index (χ3n) is 0.940. The van der Waals surface area contributed by atoms with E-state index in [1.165, 1.54) is 6.07 Å². The molecular formula is C6H7KN2O2S3. The Morgan fingerprint density at radius 2 is 2.07 bits per heavy atom. The second-order valence-corrected chi connectivity index (χ2v) is 5.65. The Bertz CT molecular complexity index is 407. The van der Waals surface area contributed by atoms with Crippen LogP contribution in [0.1, 0.15) is 1.43 Å². The Hall–Kier alpha value is 1.01. The number of sulfone groups is 1. The monoisotopic (exact) mass is 274 g/mol. The van der Waals surface area contributed by atoms with Crippen molar-refractivity contribution in [3.8, 4) is 12.1 Å². The SMILES string of the molecule is CS(=O)(=O)C(C#N)=C(S)SCC#N.[H-].[K+]. The zero-order valence-corrected chi connectivity index (χ0v) is 13.3. The van der Waals surface area contributed by atoms with E-state index in [4.69, 9.17) is 10.5 Å². The molecule has 0 aliphatic rings. The summed E-state index contributed by atoms with van der Waals surface area (Å²) in [6.45, 7) is 0. The second kappa shape index (κ2) is 8.19. The van der Waals surface area contributed by atoms with Gasteiger partial charge in [0.2, 0.25) is 0 Å². The summed E-state index contributed by atoms with van der Waals surface area (Å²) in [7, 11) is -3.53. The molecule has 0 radical (unpaired) electrons. The summed E-state index contributed by atoms with van der Waals surface area (Å²) in [4.78, 5) is -0.393. The Kier molecular flexibility index (Phi) is 10.2. The Morgan fingerprint density at radius 1 is 1.57 bits per heavy atom. The molecule has 0 fully saturated rings. The Morgan fingerprint density at radius 3 is 2.36 bits per heavy atom. The number of nitrogens with zero attached hydrogens (tertiary/aromatic N) is 2. The summed E-state index contributed by atoms with van der Waals surface area (Å²) in [6.07, 6.45) is 0.925. The van der Waals surface area contributed by atoms with E-state index >= 15 is 0 Å². The van der Waals surface area contributed by atoms with Crippen LogP contribution in [0.2, 0.25) is 0 Å². The molecule has 0 spiro atoms. The van der Waals surface area contributed by atoms with Gasteiger partial charge in [-0.15, -0.1) is 24.4 Å². The summed E-state index contributed by atoms with van der Waals surface area (Å²) < 4.78 is 21.9. The molecule has 0 saturated carbocycles. The first-order valence-corrected chi connectivity index (χ1v) is 6.29. The van der Waals surface area contributed by atoms with Crippen LogP contribution in [0.15, 0.2) is 9.14 Å². The van der Waals surface area contributed by atoms with E-state index in [0.717, 1.165) is 18.0 Å². The molecule has 14 heavy (non-hydrogen) atoms. The van der Waals surface area contributed by atoms with Crippen LogP contribution in [0.4, 0.5) is 0 Å². The summed E-state index contributed by atoms with van der Waals surface area (Å²) in [6, 6.07) is 3.34. The molecule has 0 heterocycles. The molecule has 8 heteroatoms. The molecular weight excluding hydrogens is 267 g/mol. The van der Waals surface area contributed by atoms with Crippen LogP contribution >= 0.6 is 24.4 Å². The number of thiol groups is 1. The molecule has 4 nitrogen and oxygen atoms in total. The summed E-state index contributed by atoms with van der Waals surface area (Å²) in [5, 5.41) is 16.7. The minimum atomic E-state index is -3.53. The van der Waals surface area contributed by atoms with Crippen LogP contribution in [0.3, 0.4) is 0 Å². The maximum Gasteiger partial charge on any atom is 1.00 e. The summed E-state index contributed by atoms with van der Waals surface area (Å²) >= 11 is 4.74. The van der Waals surface area contributed by atoms with Gasteiger partial charge in [-0.05, 0) is 0 Å². The summed E-state index contributed by atoms with van der Waals surface area (Å²) in [5.74, 6) is 0.0690. The van der Waals surface area contributed by atoms with Crippen molar-refractivity contribution in [2.75, 3.05) is 12.0 Å². The van der Waals surface area contributed by atoms with Gasteiger partial charge in [0.1, 0.15) is 6.07 Å². The average molecular weight is 274 g/mol. The fourth-order valence-electron chi connectivity index (χ4n) is 0.456. The quantitative estimate of drug-likeness (QED) is 0.367. The van der Waals surface area contributed by atoms with Crippen LogP contribution in [-0.2, 0) is 9.84 Å². The number of nitriles is 2. The van der Waals surface area contributed by atoms with Crippen LogP contribution in [0.25, 0.3) is 0 Å². The first-order valence-electron chi connectivity index (χ1n) is 2.96. The van der Waals surface area contributed by atoms with Gasteiger partial charge >= 0.3 is 51.4 Å². The first-order chi connectivity index (χ1) is 5.93. The van der Waals surface area contributed by atoms with Crippen LogP contribution in [0.5, 0.6) is 0 Å². The zero-order valence-electron chi connectivity index (χ0n) is 8.68. The van der Waals surface area contributed by atoms with Crippen molar-refractivity contribution in [1.29, 1.82) is 10.5 Å². The molecule has 0 N–H and O–H groups in total. The van der Waals surface area contributed by atoms with Crippen LogP contribution in [0, 0.1) is 22.7 Å². The molecule has 0 atom stereocenters. The van der Waals surface area contributed by atoms with Crippen molar-refractivity contribution < 1.29 is 61.2 Å². The Labute approximate surface area is 137 Å². The van der Waals surface area contributed by atoms with Gasteiger partial charge in [0.15, 0.2) is 14.7 Å². The van der Waals surface area contributed by atoms with E-state index < -0.39 is 14.7 Å². The van der Waals surface area contributed by atoms with Crippen molar-refractivity contribution in [2.24, 2.45) is 0 Å². The molecule has 0 rings (SSSR count). The van der Waals surface area contributed by atoms with E-state index in [2.05, 4.69) is 12.6 Å².